The van der Waals surface area contributed by atoms with Crippen LogP contribution in [0.4, 0.5) is 0 Å². The van der Waals surface area contributed by atoms with E-state index in [1.165, 1.54) is 0 Å². The fraction of sp³-hybridized carbons (Fsp3) is 0.417. The lowest BCUT2D eigenvalue weighted by Gasteiger charge is -2.31. The number of nitrogens with zero attached hydrogens (tertiary/aromatic N) is 1. The van der Waals surface area contributed by atoms with Crippen molar-refractivity contribution in [1.82, 2.24) is 10.2 Å². The number of benzene rings is 2. The van der Waals surface area contributed by atoms with E-state index in [0.29, 0.717) is 38.3 Å². The minimum absolute atomic E-state index is 0.0419. The lowest BCUT2D eigenvalue weighted by molar-refractivity contribution is -0.140. The minimum Gasteiger partial charge on any atom is -0.497 e. The maximum atomic E-state index is 13.3. The van der Waals surface area contributed by atoms with Gasteiger partial charge in [0.15, 0.2) is 0 Å². The Morgan fingerprint density at radius 1 is 1.00 bits per heavy atom. The maximum Gasteiger partial charge on any atom is 0.251 e. The second-order valence-electron chi connectivity index (χ2n) is 7.93. The molecule has 2 aliphatic rings. The van der Waals surface area contributed by atoms with Crippen molar-refractivity contribution in [3.8, 4) is 5.75 Å². The molecule has 2 aromatic carbocycles. The number of nitrogens with one attached hydrogen (secondary N) is 1. The van der Waals surface area contributed by atoms with Crippen molar-refractivity contribution >= 4 is 11.8 Å². The summed E-state index contributed by atoms with van der Waals surface area (Å²) in [6.45, 7) is 2.43. The summed E-state index contributed by atoms with van der Waals surface area (Å²) in [5, 5.41) is 3.15. The first kappa shape index (κ1) is 20.4. The fourth-order valence-corrected chi connectivity index (χ4v) is 4.52. The summed E-state index contributed by atoms with van der Waals surface area (Å²) < 4.78 is 10.7. The first-order chi connectivity index (χ1) is 14.7. The highest BCUT2D eigenvalue weighted by Crippen LogP contribution is 2.41. The van der Waals surface area contributed by atoms with E-state index >= 15 is 0 Å². The van der Waals surface area contributed by atoms with E-state index in [9.17, 15) is 9.59 Å². The van der Waals surface area contributed by atoms with Crippen molar-refractivity contribution in [2.24, 2.45) is 5.92 Å². The van der Waals surface area contributed by atoms with Gasteiger partial charge in [-0.2, -0.15) is 0 Å². The van der Waals surface area contributed by atoms with Crippen LogP contribution in [0.25, 0.3) is 0 Å². The van der Waals surface area contributed by atoms with Crippen LogP contribution >= 0.6 is 0 Å². The van der Waals surface area contributed by atoms with Crippen molar-refractivity contribution in [3.05, 3.63) is 65.7 Å². The third-order valence-corrected chi connectivity index (χ3v) is 6.12. The van der Waals surface area contributed by atoms with Gasteiger partial charge in [0.25, 0.3) is 5.91 Å². The van der Waals surface area contributed by atoms with E-state index < -0.39 is 0 Å². The molecule has 0 radical (unpaired) electrons. The average molecular weight is 408 g/mol. The zero-order chi connectivity index (χ0) is 20.9. The number of carbonyl (C=O) groups excluding carboxylic acids is 2. The van der Waals surface area contributed by atoms with Gasteiger partial charge < -0.3 is 19.7 Å². The first-order valence-electron chi connectivity index (χ1n) is 10.5. The lowest BCUT2D eigenvalue weighted by Crippen LogP contribution is -2.44. The quantitative estimate of drug-likeness (QED) is 0.826. The Bertz CT molecular complexity index is 863. The largest absolute Gasteiger partial charge is 0.497 e. The molecule has 3 atom stereocenters. The maximum absolute atomic E-state index is 13.3. The van der Waals surface area contributed by atoms with Gasteiger partial charge in [-0.1, -0.05) is 30.3 Å². The smallest absolute Gasteiger partial charge is 0.251 e. The van der Waals surface area contributed by atoms with Gasteiger partial charge in [0.1, 0.15) is 5.75 Å². The Kier molecular flexibility index (Phi) is 6.33. The summed E-state index contributed by atoms with van der Waals surface area (Å²) in [5.74, 6) is 0.774. The molecule has 1 aliphatic carbocycles. The number of methoxy groups -OCH3 is 1. The SMILES string of the molecule is COc1ccc([C@H]2C[C@H](NC(=O)c3ccccc3)C[C@@H]2C(=O)N2CCOCC2)cc1. The van der Waals surface area contributed by atoms with Gasteiger partial charge in [-0.3, -0.25) is 9.59 Å². The number of ether oxygens (including phenoxy) is 2. The predicted molar refractivity (Wildman–Crippen MR) is 114 cm³/mol. The molecule has 0 bridgehead atoms. The standard InChI is InChI=1S/C24H28N2O4/c1-29-20-9-7-17(8-10-20)21-15-19(25-23(27)18-5-3-2-4-6-18)16-22(21)24(28)26-11-13-30-14-12-26/h2-10,19,21-22H,11-16H2,1H3,(H,25,27)/t19-,21+,22-/m0/s1. The van der Waals surface area contributed by atoms with Crippen molar-refractivity contribution in [1.29, 1.82) is 0 Å². The zero-order valence-electron chi connectivity index (χ0n) is 17.3. The van der Waals surface area contributed by atoms with Crippen molar-refractivity contribution < 1.29 is 19.1 Å². The van der Waals surface area contributed by atoms with Crippen LogP contribution in [0.1, 0.15) is 34.7 Å². The number of carbonyl (C=O) groups is 2. The molecule has 0 aromatic heterocycles. The molecule has 1 heterocycles. The third kappa shape index (κ3) is 4.49. The van der Waals surface area contributed by atoms with Crippen LogP contribution < -0.4 is 10.1 Å². The summed E-state index contributed by atoms with van der Waals surface area (Å²) in [5.41, 5.74) is 1.75. The van der Waals surface area contributed by atoms with Crippen LogP contribution in [0.2, 0.25) is 0 Å². The van der Waals surface area contributed by atoms with Crippen LogP contribution in [0.5, 0.6) is 5.75 Å². The van der Waals surface area contributed by atoms with Gasteiger partial charge in [-0.15, -0.1) is 0 Å². The van der Waals surface area contributed by atoms with Crippen LogP contribution in [0, 0.1) is 5.92 Å². The Morgan fingerprint density at radius 3 is 2.37 bits per heavy atom. The molecule has 1 aliphatic heterocycles. The van der Waals surface area contributed by atoms with E-state index in [2.05, 4.69) is 5.32 Å². The average Bonchev–Trinajstić information content (AvgIpc) is 3.23. The van der Waals surface area contributed by atoms with Crippen molar-refractivity contribution in [2.45, 2.75) is 24.8 Å². The Morgan fingerprint density at radius 2 is 1.70 bits per heavy atom. The second kappa shape index (κ2) is 9.30. The van der Waals surface area contributed by atoms with Gasteiger partial charge in [0.05, 0.1) is 20.3 Å². The number of hydrogen-bond acceptors (Lipinski definition) is 4. The highest BCUT2D eigenvalue weighted by molar-refractivity contribution is 5.94. The number of hydrogen-bond donors (Lipinski definition) is 1. The Balaban J connectivity index is 1.53. The molecule has 2 amide bonds. The fourth-order valence-electron chi connectivity index (χ4n) is 4.52. The molecule has 1 saturated carbocycles. The zero-order valence-corrected chi connectivity index (χ0v) is 17.3. The van der Waals surface area contributed by atoms with Gasteiger partial charge in [-0.25, -0.2) is 0 Å². The van der Waals surface area contributed by atoms with E-state index in [4.69, 9.17) is 9.47 Å². The Hall–Kier alpha value is -2.86. The van der Waals surface area contributed by atoms with Crippen molar-refractivity contribution in [2.75, 3.05) is 33.4 Å². The summed E-state index contributed by atoms with van der Waals surface area (Å²) in [7, 11) is 1.64. The summed E-state index contributed by atoms with van der Waals surface area (Å²) in [6, 6.07) is 17.1. The molecule has 158 valence electrons. The molecule has 6 nitrogen and oxygen atoms in total. The van der Waals surface area contributed by atoms with Gasteiger partial charge in [0, 0.05) is 30.6 Å². The van der Waals surface area contributed by atoms with Crippen LogP contribution in [0.15, 0.2) is 54.6 Å². The molecule has 30 heavy (non-hydrogen) atoms. The molecule has 0 unspecified atom stereocenters. The van der Waals surface area contributed by atoms with Crippen molar-refractivity contribution in [3.63, 3.8) is 0 Å². The number of rotatable bonds is 5. The van der Waals surface area contributed by atoms with E-state index in [1.54, 1.807) is 7.11 Å². The van der Waals surface area contributed by atoms with Gasteiger partial charge >= 0.3 is 0 Å². The van der Waals surface area contributed by atoms with E-state index in [1.807, 2.05) is 59.5 Å². The molecular formula is C24H28N2O4. The molecule has 0 spiro atoms. The molecule has 1 N–H and O–H groups in total. The summed E-state index contributed by atoms with van der Waals surface area (Å²) >= 11 is 0. The highest BCUT2D eigenvalue weighted by Gasteiger charge is 2.42. The van der Waals surface area contributed by atoms with E-state index in [0.717, 1.165) is 17.7 Å². The van der Waals surface area contributed by atoms with E-state index in [-0.39, 0.29) is 29.7 Å². The lowest BCUT2D eigenvalue weighted by atomic mass is 9.88. The summed E-state index contributed by atoms with van der Waals surface area (Å²) in [4.78, 5) is 27.9. The van der Waals surface area contributed by atoms with Gasteiger partial charge in [0.2, 0.25) is 5.91 Å². The third-order valence-electron chi connectivity index (χ3n) is 6.12. The Labute approximate surface area is 177 Å². The molecule has 2 fully saturated rings. The summed E-state index contributed by atoms with van der Waals surface area (Å²) in [6.07, 6.45) is 1.39. The highest BCUT2D eigenvalue weighted by atomic mass is 16.5. The topological polar surface area (TPSA) is 67.9 Å². The molecular weight excluding hydrogens is 380 g/mol. The molecule has 6 heteroatoms. The van der Waals surface area contributed by atoms with Gasteiger partial charge in [-0.05, 0) is 48.6 Å². The van der Waals surface area contributed by atoms with Crippen LogP contribution in [0.3, 0.4) is 0 Å². The second-order valence-corrected chi connectivity index (χ2v) is 7.93. The molecule has 4 rings (SSSR count). The first-order valence-corrected chi connectivity index (χ1v) is 10.5. The van der Waals surface area contributed by atoms with Crippen LogP contribution in [-0.4, -0.2) is 56.2 Å². The monoisotopic (exact) mass is 408 g/mol. The molecule has 1 saturated heterocycles. The minimum atomic E-state index is -0.155. The molecule has 2 aromatic rings. The van der Waals surface area contributed by atoms with Crippen LogP contribution in [-0.2, 0) is 9.53 Å². The number of morpholine rings is 1. The predicted octanol–water partition coefficient (Wildman–Crippen LogP) is 2.85. The normalized spacial score (nSPS) is 23.8. The number of amides is 2.